The lowest BCUT2D eigenvalue weighted by atomic mass is 10.1. The molecule has 92 valence electrons. The Morgan fingerprint density at radius 2 is 2.11 bits per heavy atom. The third-order valence-electron chi connectivity index (χ3n) is 3.18. The predicted molar refractivity (Wildman–Crippen MR) is 71.3 cm³/mol. The SMILES string of the molecule is CNc1ccc(C2=NC3CC=C(F)C=C3N2)cc1. The van der Waals surface area contributed by atoms with E-state index >= 15 is 0 Å². The molecule has 2 N–H and O–H groups in total. The number of halogens is 1. The topological polar surface area (TPSA) is 36.4 Å². The fourth-order valence-corrected chi connectivity index (χ4v) is 2.16. The van der Waals surface area contributed by atoms with Crippen LogP contribution in [0.2, 0.25) is 0 Å². The lowest BCUT2D eigenvalue weighted by Gasteiger charge is -2.11. The number of nitrogens with zero attached hydrogens (tertiary/aromatic N) is 1. The summed E-state index contributed by atoms with van der Waals surface area (Å²) in [6.07, 6.45) is 3.72. The van der Waals surface area contributed by atoms with Crippen molar-refractivity contribution in [3.63, 3.8) is 0 Å². The monoisotopic (exact) mass is 243 g/mol. The summed E-state index contributed by atoms with van der Waals surface area (Å²) in [5, 5.41) is 6.26. The van der Waals surface area contributed by atoms with Crippen LogP contribution >= 0.6 is 0 Å². The van der Waals surface area contributed by atoms with E-state index in [0.29, 0.717) is 6.42 Å². The van der Waals surface area contributed by atoms with E-state index in [1.807, 2.05) is 31.3 Å². The van der Waals surface area contributed by atoms with E-state index in [2.05, 4.69) is 15.6 Å². The largest absolute Gasteiger partial charge is 0.388 e. The smallest absolute Gasteiger partial charge is 0.133 e. The summed E-state index contributed by atoms with van der Waals surface area (Å²) in [7, 11) is 1.88. The maximum absolute atomic E-state index is 13.1. The third kappa shape index (κ3) is 1.90. The van der Waals surface area contributed by atoms with Gasteiger partial charge in [-0.25, -0.2) is 4.39 Å². The van der Waals surface area contributed by atoms with Crippen molar-refractivity contribution in [3.05, 3.63) is 53.5 Å². The van der Waals surface area contributed by atoms with Crippen molar-refractivity contribution in [2.45, 2.75) is 12.5 Å². The van der Waals surface area contributed by atoms with Gasteiger partial charge in [0.15, 0.2) is 0 Å². The minimum Gasteiger partial charge on any atom is -0.388 e. The summed E-state index contributed by atoms with van der Waals surface area (Å²) in [5.41, 5.74) is 2.93. The van der Waals surface area contributed by atoms with Gasteiger partial charge in [-0.05, 0) is 42.8 Å². The van der Waals surface area contributed by atoms with Crippen LogP contribution in [0, 0.1) is 0 Å². The number of anilines is 1. The van der Waals surface area contributed by atoms with Crippen LogP contribution in [0.4, 0.5) is 10.1 Å². The maximum atomic E-state index is 13.1. The minimum atomic E-state index is -0.185. The van der Waals surface area contributed by atoms with Crippen LogP contribution in [-0.4, -0.2) is 18.9 Å². The van der Waals surface area contributed by atoms with Crippen molar-refractivity contribution in [2.75, 3.05) is 12.4 Å². The molecule has 0 saturated heterocycles. The number of nitrogens with one attached hydrogen (secondary N) is 2. The fourth-order valence-electron chi connectivity index (χ4n) is 2.16. The van der Waals surface area contributed by atoms with Crippen LogP contribution in [-0.2, 0) is 0 Å². The molecule has 0 aromatic heterocycles. The number of rotatable bonds is 2. The Bertz CT molecular complexity index is 555. The number of amidine groups is 1. The first kappa shape index (κ1) is 11.0. The second-order valence-corrected chi connectivity index (χ2v) is 4.37. The summed E-state index contributed by atoms with van der Waals surface area (Å²) in [4.78, 5) is 4.58. The molecule has 1 atom stereocenters. The molecule has 0 radical (unpaired) electrons. The zero-order valence-electron chi connectivity index (χ0n) is 10.1. The number of allylic oxidation sites excluding steroid dienone is 2. The minimum absolute atomic E-state index is 0.0449. The molecule has 1 unspecified atom stereocenters. The zero-order chi connectivity index (χ0) is 12.5. The summed E-state index contributed by atoms with van der Waals surface area (Å²) >= 11 is 0. The van der Waals surface area contributed by atoms with Crippen LogP contribution in [0.25, 0.3) is 0 Å². The lowest BCUT2D eigenvalue weighted by Crippen LogP contribution is -2.21. The molecule has 1 aliphatic carbocycles. The second-order valence-electron chi connectivity index (χ2n) is 4.37. The van der Waals surface area contributed by atoms with E-state index < -0.39 is 0 Å². The molecule has 0 fully saturated rings. The molecule has 1 aromatic carbocycles. The number of hydrogen-bond acceptors (Lipinski definition) is 3. The Morgan fingerprint density at radius 1 is 1.33 bits per heavy atom. The first-order valence-electron chi connectivity index (χ1n) is 5.96. The zero-order valence-corrected chi connectivity index (χ0v) is 10.1. The van der Waals surface area contributed by atoms with Gasteiger partial charge in [0.25, 0.3) is 0 Å². The van der Waals surface area contributed by atoms with E-state index in [4.69, 9.17) is 0 Å². The average Bonchev–Trinajstić information content (AvgIpc) is 2.81. The van der Waals surface area contributed by atoms with Crippen molar-refractivity contribution >= 4 is 11.5 Å². The highest BCUT2D eigenvalue weighted by atomic mass is 19.1. The van der Waals surface area contributed by atoms with E-state index in [-0.39, 0.29) is 11.9 Å². The van der Waals surface area contributed by atoms with Gasteiger partial charge in [-0.2, -0.15) is 0 Å². The molecule has 1 aromatic rings. The molecule has 1 heterocycles. The number of aliphatic imine (C=N–C) groups is 1. The molecule has 4 heteroatoms. The highest BCUT2D eigenvalue weighted by Gasteiger charge is 2.25. The first-order chi connectivity index (χ1) is 8.76. The Labute approximate surface area is 105 Å². The summed E-state index contributed by atoms with van der Waals surface area (Å²) < 4.78 is 13.1. The Hall–Kier alpha value is -2.10. The number of hydrogen-bond donors (Lipinski definition) is 2. The van der Waals surface area contributed by atoms with Crippen LogP contribution in [0.1, 0.15) is 12.0 Å². The quantitative estimate of drug-likeness (QED) is 0.837. The van der Waals surface area contributed by atoms with Gasteiger partial charge in [-0.1, -0.05) is 0 Å². The Kier molecular flexibility index (Phi) is 2.63. The van der Waals surface area contributed by atoms with E-state index in [9.17, 15) is 4.39 Å². The second kappa shape index (κ2) is 4.29. The standard InChI is InChI=1S/C14H14FN3/c1-16-11-5-2-9(3-6-11)14-17-12-7-4-10(15)8-13(12)18-14/h2-6,8,12,16H,7H2,1H3,(H,17,18). The summed E-state index contributed by atoms with van der Waals surface area (Å²) in [6.45, 7) is 0. The first-order valence-corrected chi connectivity index (χ1v) is 5.96. The van der Waals surface area contributed by atoms with E-state index in [0.717, 1.165) is 22.8 Å². The third-order valence-corrected chi connectivity index (χ3v) is 3.18. The molecular weight excluding hydrogens is 229 g/mol. The van der Waals surface area contributed by atoms with Crippen molar-refractivity contribution in [2.24, 2.45) is 4.99 Å². The van der Waals surface area contributed by atoms with Gasteiger partial charge in [-0.15, -0.1) is 0 Å². The summed E-state index contributed by atoms with van der Waals surface area (Å²) in [6, 6.07) is 8.03. The van der Waals surface area contributed by atoms with Gasteiger partial charge in [-0.3, -0.25) is 4.99 Å². The fraction of sp³-hybridized carbons (Fsp3) is 0.214. The van der Waals surface area contributed by atoms with Crippen molar-refractivity contribution in [3.8, 4) is 0 Å². The van der Waals surface area contributed by atoms with Gasteiger partial charge >= 0.3 is 0 Å². The van der Waals surface area contributed by atoms with Crippen molar-refractivity contribution in [1.82, 2.24) is 5.32 Å². The molecule has 0 spiro atoms. The lowest BCUT2D eigenvalue weighted by molar-refractivity contribution is 0.632. The van der Waals surface area contributed by atoms with Crippen LogP contribution in [0.5, 0.6) is 0 Å². The van der Waals surface area contributed by atoms with Crippen molar-refractivity contribution < 1.29 is 4.39 Å². The van der Waals surface area contributed by atoms with Crippen LogP contribution in [0.15, 0.2) is 52.9 Å². The average molecular weight is 243 g/mol. The molecule has 0 bridgehead atoms. The van der Waals surface area contributed by atoms with Gasteiger partial charge in [0.1, 0.15) is 11.7 Å². The van der Waals surface area contributed by atoms with Crippen molar-refractivity contribution in [1.29, 1.82) is 0 Å². The van der Waals surface area contributed by atoms with Gasteiger partial charge in [0, 0.05) is 24.0 Å². The predicted octanol–water partition coefficient (Wildman–Crippen LogP) is 2.59. The molecule has 2 aliphatic rings. The van der Waals surface area contributed by atoms with E-state index in [1.165, 1.54) is 6.08 Å². The Morgan fingerprint density at radius 3 is 2.83 bits per heavy atom. The molecule has 0 saturated carbocycles. The molecule has 18 heavy (non-hydrogen) atoms. The molecule has 0 amide bonds. The molecule has 3 rings (SSSR count). The Balaban J connectivity index is 1.85. The molecular formula is C14H14FN3. The van der Waals surface area contributed by atoms with Gasteiger partial charge < -0.3 is 10.6 Å². The number of benzene rings is 1. The van der Waals surface area contributed by atoms with E-state index in [1.54, 1.807) is 6.08 Å². The normalized spacial score (nSPS) is 21.4. The summed E-state index contributed by atoms with van der Waals surface area (Å²) in [5.74, 6) is 0.632. The maximum Gasteiger partial charge on any atom is 0.133 e. The van der Waals surface area contributed by atoms with Gasteiger partial charge in [0.05, 0.1) is 6.04 Å². The molecule has 1 aliphatic heterocycles. The van der Waals surface area contributed by atoms with Gasteiger partial charge in [0.2, 0.25) is 0 Å². The van der Waals surface area contributed by atoms with Crippen LogP contribution in [0.3, 0.4) is 0 Å². The highest BCUT2D eigenvalue weighted by Crippen LogP contribution is 2.25. The van der Waals surface area contributed by atoms with Crippen LogP contribution < -0.4 is 10.6 Å². The molecule has 3 nitrogen and oxygen atoms in total. The number of fused-ring (bicyclic) bond motifs is 1. The highest BCUT2D eigenvalue weighted by molar-refractivity contribution is 6.02.